The second-order valence-corrected chi connectivity index (χ2v) is 8.05. The molecule has 2 fully saturated rings. The molecule has 0 radical (unpaired) electrons. The Morgan fingerprint density at radius 2 is 2.09 bits per heavy atom. The summed E-state index contributed by atoms with van der Waals surface area (Å²) in [5.74, 6) is 3.03. The fraction of sp³-hybridized carbons (Fsp3) is 0.619. The molecular formula is C21H28O2. The van der Waals surface area contributed by atoms with Gasteiger partial charge >= 0.3 is 0 Å². The molecule has 0 heterocycles. The van der Waals surface area contributed by atoms with Crippen molar-refractivity contribution in [1.82, 2.24) is 0 Å². The minimum absolute atomic E-state index is 0.0903. The number of aliphatic hydroxyl groups is 1. The predicted molar refractivity (Wildman–Crippen MR) is 93.7 cm³/mol. The summed E-state index contributed by atoms with van der Waals surface area (Å²) in [6.07, 6.45) is 8.80. The van der Waals surface area contributed by atoms with Crippen LogP contribution in [0.25, 0.3) is 6.08 Å². The number of rotatable bonds is 2. The van der Waals surface area contributed by atoms with Crippen LogP contribution >= 0.6 is 0 Å². The Labute approximate surface area is 139 Å². The molecule has 0 aromatic heterocycles. The second-order valence-electron chi connectivity index (χ2n) is 8.05. The van der Waals surface area contributed by atoms with Gasteiger partial charge in [-0.05, 0) is 85.0 Å². The van der Waals surface area contributed by atoms with Crippen molar-refractivity contribution >= 4 is 6.08 Å². The number of benzene rings is 1. The van der Waals surface area contributed by atoms with Gasteiger partial charge in [-0.1, -0.05) is 19.6 Å². The van der Waals surface area contributed by atoms with Crippen LogP contribution in [0.15, 0.2) is 18.7 Å². The van der Waals surface area contributed by atoms with E-state index >= 15 is 0 Å². The molecular weight excluding hydrogens is 284 g/mol. The molecule has 0 amide bonds. The monoisotopic (exact) mass is 312 g/mol. The first-order chi connectivity index (χ1) is 11.1. The van der Waals surface area contributed by atoms with E-state index in [2.05, 4.69) is 25.6 Å². The molecule has 4 rings (SSSR count). The normalized spacial score (nSPS) is 38.4. The van der Waals surface area contributed by atoms with E-state index < -0.39 is 0 Å². The molecule has 2 nitrogen and oxygen atoms in total. The Hall–Kier alpha value is -1.28. The number of aliphatic hydroxyl groups excluding tert-OH is 1. The molecule has 1 aromatic rings. The zero-order valence-electron chi connectivity index (χ0n) is 14.3. The van der Waals surface area contributed by atoms with Gasteiger partial charge in [0.25, 0.3) is 0 Å². The first-order valence-electron chi connectivity index (χ1n) is 9.09. The maximum absolute atomic E-state index is 10.5. The smallest absolute Gasteiger partial charge is 0.126 e. The third kappa shape index (κ3) is 2.11. The molecule has 3 aliphatic rings. The largest absolute Gasteiger partial charge is 0.496 e. The highest BCUT2D eigenvalue weighted by Gasteiger charge is 2.54. The van der Waals surface area contributed by atoms with Crippen molar-refractivity contribution < 1.29 is 9.84 Å². The van der Waals surface area contributed by atoms with Gasteiger partial charge in [-0.25, -0.2) is 0 Å². The first kappa shape index (κ1) is 15.3. The lowest BCUT2D eigenvalue weighted by molar-refractivity contribution is -0.0226. The standard InChI is InChI=1S/C21H28O2/c1-4-13-11-14-5-6-16-15(17(14)12-19(13)23-3)9-10-21(2)18(16)7-8-20(21)22/h4,11-12,15-16,18,20,22H,1,5-10H2,2-3H3/t15-,16+,18-,20-,21-/m0/s1. The summed E-state index contributed by atoms with van der Waals surface area (Å²) < 4.78 is 5.59. The average Bonchev–Trinajstić information content (AvgIpc) is 2.88. The molecule has 0 aliphatic heterocycles. The highest BCUT2D eigenvalue weighted by Crippen LogP contribution is 2.61. The highest BCUT2D eigenvalue weighted by atomic mass is 16.5. The van der Waals surface area contributed by atoms with Crippen molar-refractivity contribution in [2.45, 2.75) is 57.5 Å². The minimum Gasteiger partial charge on any atom is -0.496 e. The zero-order valence-corrected chi connectivity index (χ0v) is 14.3. The van der Waals surface area contributed by atoms with Crippen molar-refractivity contribution in [3.8, 4) is 5.75 Å². The molecule has 124 valence electrons. The van der Waals surface area contributed by atoms with Gasteiger partial charge in [0.1, 0.15) is 5.75 Å². The molecule has 3 aliphatic carbocycles. The lowest BCUT2D eigenvalue weighted by atomic mass is 9.55. The summed E-state index contributed by atoms with van der Waals surface area (Å²) in [6.45, 7) is 6.26. The van der Waals surface area contributed by atoms with Crippen LogP contribution in [0.3, 0.4) is 0 Å². The van der Waals surface area contributed by atoms with Crippen LogP contribution in [-0.2, 0) is 6.42 Å². The van der Waals surface area contributed by atoms with E-state index in [1.807, 2.05) is 6.08 Å². The molecule has 0 unspecified atom stereocenters. The number of hydrogen-bond donors (Lipinski definition) is 1. The van der Waals surface area contributed by atoms with E-state index in [1.54, 1.807) is 7.11 Å². The lowest BCUT2D eigenvalue weighted by Crippen LogP contribution is -2.43. The Morgan fingerprint density at radius 3 is 2.83 bits per heavy atom. The van der Waals surface area contributed by atoms with Crippen LogP contribution in [0.1, 0.15) is 61.6 Å². The Kier molecular flexibility index (Phi) is 3.57. The van der Waals surface area contributed by atoms with E-state index in [4.69, 9.17) is 4.74 Å². The van der Waals surface area contributed by atoms with Gasteiger partial charge in [0, 0.05) is 5.56 Å². The molecule has 1 N–H and O–H groups in total. The lowest BCUT2D eigenvalue weighted by Gasteiger charge is -2.50. The van der Waals surface area contributed by atoms with Gasteiger partial charge < -0.3 is 9.84 Å². The van der Waals surface area contributed by atoms with Gasteiger partial charge in [-0.2, -0.15) is 0 Å². The summed E-state index contributed by atoms with van der Waals surface area (Å²) >= 11 is 0. The van der Waals surface area contributed by atoms with Crippen molar-refractivity contribution in [2.24, 2.45) is 17.3 Å². The minimum atomic E-state index is -0.0903. The topological polar surface area (TPSA) is 29.5 Å². The number of hydrogen-bond acceptors (Lipinski definition) is 2. The van der Waals surface area contributed by atoms with Crippen molar-refractivity contribution in [3.05, 3.63) is 35.4 Å². The molecule has 0 spiro atoms. The van der Waals surface area contributed by atoms with E-state index in [0.29, 0.717) is 11.8 Å². The maximum atomic E-state index is 10.5. The molecule has 5 atom stereocenters. The molecule has 2 heteroatoms. The zero-order chi connectivity index (χ0) is 16.2. The fourth-order valence-electron chi connectivity index (χ4n) is 5.93. The summed E-state index contributed by atoms with van der Waals surface area (Å²) in [5.41, 5.74) is 4.27. The van der Waals surface area contributed by atoms with E-state index in [-0.39, 0.29) is 11.5 Å². The third-order valence-electron chi connectivity index (χ3n) is 7.25. The van der Waals surface area contributed by atoms with E-state index in [1.165, 1.54) is 30.4 Å². The average molecular weight is 312 g/mol. The summed E-state index contributed by atoms with van der Waals surface area (Å²) in [7, 11) is 1.75. The first-order valence-corrected chi connectivity index (χ1v) is 9.09. The second kappa shape index (κ2) is 5.37. The summed E-state index contributed by atoms with van der Waals surface area (Å²) in [5, 5.41) is 10.5. The van der Waals surface area contributed by atoms with Crippen molar-refractivity contribution in [2.75, 3.05) is 7.11 Å². The van der Waals surface area contributed by atoms with Crippen LogP contribution in [-0.4, -0.2) is 18.3 Å². The fourth-order valence-corrected chi connectivity index (χ4v) is 5.93. The number of aryl methyl sites for hydroxylation is 1. The molecule has 0 saturated heterocycles. The van der Waals surface area contributed by atoms with Gasteiger partial charge in [0.15, 0.2) is 0 Å². The molecule has 1 aromatic carbocycles. The predicted octanol–water partition coefficient (Wildman–Crippen LogP) is 4.56. The van der Waals surface area contributed by atoms with Crippen LogP contribution < -0.4 is 4.74 Å². The molecule has 0 bridgehead atoms. The SMILES string of the molecule is C=Cc1cc2c(cc1OC)[C@H]1CC[C@]3(C)[C@@H](O)CC[C@H]3[C@@H]1CC2. The van der Waals surface area contributed by atoms with E-state index in [0.717, 1.165) is 36.5 Å². The molecule has 2 saturated carbocycles. The van der Waals surface area contributed by atoms with Gasteiger partial charge in [0.2, 0.25) is 0 Å². The van der Waals surface area contributed by atoms with Crippen LogP contribution in [0.4, 0.5) is 0 Å². The molecule has 23 heavy (non-hydrogen) atoms. The quantitative estimate of drug-likeness (QED) is 0.868. The Morgan fingerprint density at radius 1 is 1.26 bits per heavy atom. The van der Waals surface area contributed by atoms with Crippen LogP contribution in [0, 0.1) is 17.3 Å². The summed E-state index contributed by atoms with van der Waals surface area (Å²) in [6, 6.07) is 4.56. The van der Waals surface area contributed by atoms with Crippen LogP contribution in [0.2, 0.25) is 0 Å². The van der Waals surface area contributed by atoms with Crippen LogP contribution in [0.5, 0.6) is 5.75 Å². The third-order valence-corrected chi connectivity index (χ3v) is 7.25. The number of methoxy groups -OCH3 is 1. The van der Waals surface area contributed by atoms with Gasteiger partial charge in [-0.15, -0.1) is 0 Å². The number of fused-ring (bicyclic) bond motifs is 5. The number of ether oxygens (including phenoxy) is 1. The summed E-state index contributed by atoms with van der Waals surface area (Å²) in [4.78, 5) is 0. The Bertz CT molecular complexity index is 635. The van der Waals surface area contributed by atoms with Gasteiger partial charge in [-0.3, -0.25) is 0 Å². The van der Waals surface area contributed by atoms with E-state index in [9.17, 15) is 5.11 Å². The maximum Gasteiger partial charge on any atom is 0.126 e. The van der Waals surface area contributed by atoms with Crippen molar-refractivity contribution in [3.63, 3.8) is 0 Å². The highest BCUT2D eigenvalue weighted by molar-refractivity contribution is 5.59. The Balaban J connectivity index is 1.73. The van der Waals surface area contributed by atoms with Gasteiger partial charge in [0.05, 0.1) is 13.2 Å². The van der Waals surface area contributed by atoms with Crippen molar-refractivity contribution in [1.29, 1.82) is 0 Å².